The van der Waals surface area contributed by atoms with Crippen LogP contribution in [0, 0.1) is 0 Å². The number of nitrogens with zero attached hydrogens (tertiary/aromatic N) is 2. The smallest absolute Gasteiger partial charge is 0.290 e. The number of pyridine rings is 1. The fourth-order valence-electron chi connectivity index (χ4n) is 3.38. The number of carboxylic acid groups (broad SMARTS) is 2. The maximum absolute atomic E-state index is 8.36. The minimum absolute atomic E-state index is 0.250. The van der Waals surface area contributed by atoms with Gasteiger partial charge in [0.25, 0.3) is 12.9 Å². The standard InChI is InChI=1S/C21H22N2O.2CH2O2/c1-3-17(8-10-23-11-13-24-14-12-23)15-18(4-1)20-6-2-5-19-16-22-9-7-21(19)20;2*2-1-3/h1-7,9,15-16H,8,10-14H2;2*1H,(H,2,3). The number of benzene rings is 2. The predicted molar refractivity (Wildman–Crippen MR) is 116 cm³/mol. The van der Waals surface area contributed by atoms with E-state index in [2.05, 4.69) is 58.4 Å². The van der Waals surface area contributed by atoms with E-state index in [9.17, 15) is 0 Å². The van der Waals surface area contributed by atoms with Crippen LogP contribution in [0.5, 0.6) is 0 Å². The lowest BCUT2D eigenvalue weighted by molar-refractivity contribution is -0.123. The largest absolute Gasteiger partial charge is 0.483 e. The third kappa shape index (κ3) is 6.95. The maximum Gasteiger partial charge on any atom is 0.290 e. The molecule has 7 heteroatoms. The lowest BCUT2D eigenvalue weighted by Gasteiger charge is -2.26. The molecule has 2 aromatic carbocycles. The molecule has 3 aromatic rings. The molecule has 0 saturated carbocycles. The molecule has 4 rings (SSSR count). The first kappa shape index (κ1) is 23.0. The van der Waals surface area contributed by atoms with Gasteiger partial charge in [-0.3, -0.25) is 19.5 Å². The molecule has 30 heavy (non-hydrogen) atoms. The summed E-state index contributed by atoms with van der Waals surface area (Å²) in [5.74, 6) is 0. The van der Waals surface area contributed by atoms with Gasteiger partial charge < -0.3 is 14.9 Å². The summed E-state index contributed by atoms with van der Waals surface area (Å²) in [6.45, 7) is 4.44. The van der Waals surface area contributed by atoms with Gasteiger partial charge in [-0.25, -0.2) is 0 Å². The second-order valence-corrected chi connectivity index (χ2v) is 6.52. The SMILES string of the molecule is O=CO.O=CO.c1cc(CCN2CCOCC2)cc(-c2cccc3cnccc23)c1. The van der Waals surface area contributed by atoms with Crippen molar-refractivity contribution in [3.05, 3.63) is 66.5 Å². The van der Waals surface area contributed by atoms with Gasteiger partial charge in [0.05, 0.1) is 13.2 Å². The number of rotatable bonds is 4. The third-order valence-corrected chi connectivity index (χ3v) is 4.74. The van der Waals surface area contributed by atoms with Crippen molar-refractivity contribution in [2.75, 3.05) is 32.8 Å². The van der Waals surface area contributed by atoms with Gasteiger partial charge in [-0.15, -0.1) is 0 Å². The van der Waals surface area contributed by atoms with Crippen LogP contribution in [0.3, 0.4) is 0 Å². The molecule has 2 N–H and O–H groups in total. The maximum atomic E-state index is 8.36. The van der Waals surface area contributed by atoms with Crippen molar-refractivity contribution in [1.29, 1.82) is 0 Å². The van der Waals surface area contributed by atoms with E-state index in [0.717, 1.165) is 39.3 Å². The summed E-state index contributed by atoms with van der Waals surface area (Å²) in [5.41, 5.74) is 3.96. The first-order valence-electron chi connectivity index (χ1n) is 9.61. The molecule has 7 nitrogen and oxygen atoms in total. The van der Waals surface area contributed by atoms with Gasteiger partial charge in [0.2, 0.25) is 0 Å². The highest BCUT2D eigenvalue weighted by atomic mass is 16.5. The second kappa shape index (κ2) is 13.0. The molecule has 1 saturated heterocycles. The van der Waals surface area contributed by atoms with Gasteiger partial charge >= 0.3 is 0 Å². The first-order valence-corrected chi connectivity index (χ1v) is 9.61. The number of ether oxygens (including phenoxy) is 1. The fraction of sp³-hybridized carbons (Fsp3) is 0.261. The molecule has 1 fully saturated rings. The Labute approximate surface area is 175 Å². The minimum atomic E-state index is -0.250. The molecular weight excluding hydrogens is 384 g/mol. The molecule has 0 unspecified atom stereocenters. The average Bonchev–Trinajstić information content (AvgIpc) is 2.79. The van der Waals surface area contributed by atoms with Crippen LogP contribution in [0.4, 0.5) is 0 Å². The average molecular weight is 410 g/mol. The lowest BCUT2D eigenvalue weighted by Crippen LogP contribution is -2.37. The molecule has 1 aliphatic rings. The Hall–Kier alpha value is -3.29. The molecule has 0 bridgehead atoms. The van der Waals surface area contributed by atoms with Crippen molar-refractivity contribution in [2.45, 2.75) is 6.42 Å². The van der Waals surface area contributed by atoms with Crippen LogP contribution in [-0.2, 0) is 20.7 Å². The minimum Gasteiger partial charge on any atom is -0.483 e. The highest BCUT2D eigenvalue weighted by Gasteiger charge is 2.10. The van der Waals surface area contributed by atoms with E-state index in [1.54, 1.807) is 0 Å². The third-order valence-electron chi connectivity index (χ3n) is 4.74. The molecule has 1 aromatic heterocycles. The molecule has 2 heterocycles. The van der Waals surface area contributed by atoms with Crippen LogP contribution in [0.1, 0.15) is 5.56 Å². The summed E-state index contributed by atoms with van der Waals surface area (Å²) in [5, 5.41) is 16.2. The molecule has 0 spiro atoms. The lowest BCUT2D eigenvalue weighted by atomic mass is 9.97. The van der Waals surface area contributed by atoms with Crippen molar-refractivity contribution < 1.29 is 24.5 Å². The summed E-state index contributed by atoms with van der Waals surface area (Å²) in [6.07, 6.45) is 4.88. The van der Waals surface area contributed by atoms with Crippen molar-refractivity contribution >= 4 is 23.7 Å². The molecule has 0 atom stereocenters. The summed E-state index contributed by atoms with van der Waals surface area (Å²) in [7, 11) is 0. The summed E-state index contributed by atoms with van der Waals surface area (Å²) < 4.78 is 5.42. The molecule has 158 valence electrons. The number of aromatic nitrogens is 1. The Morgan fingerprint density at radius 1 is 1.00 bits per heavy atom. The van der Waals surface area contributed by atoms with Crippen molar-refractivity contribution in [2.24, 2.45) is 0 Å². The van der Waals surface area contributed by atoms with E-state index in [0.29, 0.717) is 0 Å². The Kier molecular flexibility index (Phi) is 9.99. The highest BCUT2D eigenvalue weighted by molar-refractivity contribution is 5.96. The Balaban J connectivity index is 0.000000480. The Bertz CT molecular complexity index is 915. The van der Waals surface area contributed by atoms with Gasteiger partial charge in [-0.05, 0) is 34.6 Å². The summed E-state index contributed by atoms with van der Waals surface area (Å²) >= 11 is 0. The van der Waals surface area contributed by atoms with Gasteiger partial charge in [0, 0.05) is 37.4 Å². The molecule has 1 aliphatic heterocycles. The monoisotopic (exact) mass is 410 g/mol. The number of morpholine rings is 1. The molecule has 0 amide bonds. The Morgan fingerprint density at radius 2 is 1.70 bits per heavy atom. The van der Waals surface area contributed by atoms with Crippen LogP contribution >= 0.6 is 0 Å². The number of fused-ring (bicyclic) bond motifs is 1. The van der Waals surface area contributed by atoms with Crippen molar-refractivity contribution in [3.8, 4) is 11.1 Å². The van der Waals surface area contributed by atoms with Gasteiger partial charge in [0.1, 0.15) is 0 Å². The van der Waals surface area contributed by atoms with Crippen LogP contribution in [-0.4, -0.2) is 65.9 Å². The zero-order valence-corrected chi connectivity index (χ0v) is 16.7. The zero-order valence-electron chi connectivity index (χ0n) is 16.7. The van der Waals surface area contributed by atoms with E-state index in [-0.39, 0.29) is 12.9 Å². The zero-order chi connectivity index (χ0) is 21.6. The summed E-state index contributed by atoms with van der Waals surface area (Å²) in [6, 6.07) is 17.5. The van der Waals surface area contributed by atoms with E-state index >= 15 is 0 Å². The van der Waals surface area contributed by atoms with Crippen LogP contribution in [0.25, 0.3) is 21.9 Å². The number of hydrogen-bond acceptors (Lipinski definition) is 5. The van der Waals surface area contributed by atoms with Crippen LogP contribution in [0.15, 0.2) is 60.9 Å². The fourth-order valence-corrected chi connectivity index (χ4v) is 3.38. The quantitative estimate of drug-likeness (QED) is 0.637. The normalized spacial score (nSPS) is 13.3. The van der Waals surface area contributed by atoms with E-state index < -0.39 is 0 Å². The second-order valence-electron chi connectivity index (χ2n) is 6.52. The predicted octanol–water partition coefficient (Wildman–Crippen LogP) is 3.18. The van der Waals surface area contributed by atoms with Crippen LogP contribution < -0.4 is 0 Å². The first-order chi connectivity index (χ1) is 14.7. The van der Waals surface area contributed by atoms with E-state index in [4.69, 9.17) is 24.5 Å². The van der Waals surface area contributed by atoms with Gasteiger partial charge in [0.15, 0.2) is 0 Å². The van der Waals surface area contributed by atoms with E-state index in [1.807, 2.05) is 12.4 Å². The van der Waals surface area contributed by atoms with E-state index in [1.165, 1.54) is 27.5 Å². The van der Waals surface area contributed by atoms with Crippen LogP contribution in [0.2, 0.25) is 0 Å². The number of hydrogen-bond donors (Lipinski definition) is 2. The topological polar surface area (TPSA) is 100.0 Å². The van der Waals surface area contributed by atoms with Crippen molar-refractivity contribution in [3.63, 3.8) is 0 Å². The van der Waals surface area contributed by atoms with Crippen molar-refractivity contribution in [1.82, 2.24) is 9.88 Å². The van der Waals surface area contributed by atoms with Gasteiger partial charge in [-0.1, -0.05) is 42.5 Å². The molecule has 0 aliphatic carbocycles. The Morgan fingerprint density at radius 3 is 2.43 bits per heavy atom. The van der Waals surface area contributed by atoms with Gasteiger partial charge in [-0.2, -0.15) is 0 Å². The summed E-state index contributed by atoms with van der Waals surface area (Å²) in [4.78, 5) is 23.4. The molecule has 0 radical (unpaired) electrons. The number of carbonyl (C=O) groups is 2. The molecular formula is C23H26N2O5. The highest BCUT2D eigenvalue weighted by Crippen LogP contribution is 2.28.